The second-order valence-corrected chi connectivity index (χ2v) is 7.75. The Kier molecular flexibility index (Phi) is 7.54. The van der Waals surface area contributed by atoms with E-state index < -0.39 is 23.8 Å². The maximum absolute atomic E-state index is 12.6. The fraction of sp³-hybridized carbons (Fsp3) is 0.600. The number of rotatable bonds is 7. The fourth-order valence-corrected chi connectivity index (χ4v) is 3.49. The number of hydrogen-bond donors (Lipinski definition) is 1. The van der Waals surface area contributed by atoms with Gasteiger partial charge in [0.05, 0.1) is 0 Å². The molecule has 2 aromatic rings. The summed E-state index contributed by atoms with van der Waals surface area (Å²) in [5, 5.41) is 4.08. The summed E-state index contributed by atoms with van der Waals surface area (Å²) in [6.07, 6.45) is -4.22. The van der Waals surface area contributed by atoms with E-state index in [4.69, 9.17) is 9.25 Å². The minimum Gasteiger partial charge on any atom is -0.403 e. The normalized spacial score (nSPS) is 16.0. The first-order valence-electron chi connectivity index (χ1n) is 10.5. The van der Waals surface area contributed by atoms with Crippen LogP contribution in [0.1, 0.15) is 38.2 Å². The van der Waals surface area contributed by atoms with Gasteiger partial charge >= 0.3 is 17.8 Å². The Balaban J connectivity index is 1.84. The van der Waals surface area contributed by atoms with Gasteiger partial charge in [-0.05, 0) is 31.9 Å². The number of hydrogen-bond acceptors (Lipinski definition) is 7. The van der Waals surface area contributed by atoms with Gasteiger partial charge in [-0.2, -0.15) is 18.2 Å². The third kappa shape index (κ3) is 6.31. The average Bonchev–Trinajstić information content (AvgIpc) is 2.70. The molecule has 1 fully saturated rings. The third-order valence-corrected chi connectivity index (χ3v) is 5.16. The van der Waals surface area contributed by atoms with Gasteiger partial charge in [-0.15, -0.1) is 0 Å². The molecule has 0 unspecified atom stereocenters. The number of nitrogens with one attached hydrogen (secondary N) is 1. The van der Waals surface area contributed by atoms with Crippen LogP contribution in [-0.4, -0.2) is 65.0 Å². The van der Waals surface area contributed by atoms with E-state index in [2.05, 4.69) is 24.9 Å². The molecule has 0 bridgehead atoms. The first-order valence-corrected chi connectivity index (χ1v) is 10.5. The van der Waals surface area contributed by atoms with Gasteiger partial charge in [0.25, 0.3) is 5.56 Å². The van der Waals surface area contributed by atoms with Gasteiger partial charge in [0.1, 0.15) is 11.2 Å². The fourth-order valence-electron chi connectivity index (χ4n) is 3.49. The SMILES string of the molecule is CCC/C(=N/Oc1nc2oc(=O)cc(CCCC(F)(F)F)c2c(=O)[nH]1)N1CCN(C)CC1. The van der Waals surface area contributed by atoms with Crippen molar-refractivity contribution in [2.75, 3.05) is 33.2 Å². The number of piperazine rings is 1. The van der Waals surface area contributed by atoms with Crippen LogP contribution < -0.4 is 16.0 Å². The highest BCUT2D eigenvalue weighted by Gasteiger charge is 2.26. The van der Waals surface area contributed by atoms with Crippen LogP contribution in [0.15, 0.2) is 25.2 Å². The number of fused-ring (bicyclic) bond motifs is 1. The molecule has 0 amide bonds. The molecule has 9 nitrogen and oxygen atoms in total. The van der Waals surface area contributed by atoms with E-state index in [1.165, 1.54) is 0 Å². The van der Waals surface area contributed by atoms with Gasteiger partial charge in [-0.25, -0.2) is 4.79 Å². The highest BCUT2D eigenvalue weighted by atomic mass is 19.4. The lowest BCUT2D eigenvalue weighted by Crippen LogP contribution is -2.47. The number of halogens is 3. The number of alkyl halides is 3. The molecule has 0 spiro atoms. The molecule has 0 atom stereocenters. The molecule has 0 aromatic carbocycles. The molecule has 0 saturated carbocycles. The first-order chi connectivity index (χ1) is 15.2. The van der Waals surface area contributed by atoms with Crippen molar-refractivity contribution in [1.29, 1.82) is 0 Å². The Hall–Kier alpha value is -2.89. The third-order valence-electron chi connectivity index (χ3n) is 5.16. The predicted molar refractivity (Wildman–Crippen MR) is 112 cm³/mol. The zero-order valence-corrected chi connectivity index (χ0v) is 18.0. The summed E-state index contributed by atoms with van der Waals surface area (Å²) in [6, 6.07) is 0.752. The van der Waals surface area contributed by atoms with Gasteiger partial charge in [0.15, 0.2) is 0 Å². The minimum atomic E-state index is -4.32. The molecule has 1 N–H and O–H groups in total. The molecule has 2 aromatic heterocycles. The molecular weight excluding hydrogens is 431 g/mol. The van der Waals surface area contributed by atoms with E-state index in [1.54, 1.807) is 0 Å². The predicted octanol–water partition coefficient (Wildman–Crippen LogP) is 2.50. The molecule has 1 aliphatic heterocycles. The second-order valence-electron chi connectivity index (χ2n) is 7.75. The summed E-state index contributed by atoms with van der Waals surface area (Å²) in [7, 11) is 2.04. The number of likely N-dealkylation sites (N-methyl/N-ethyl adjacent to an activating group) is 1. The van der Waals surface area contributed by atoms with Crippen molar-refractivity contribution in [2.45, 2.75) is 45.2 Å². The summed E-state index contributed by atoms with van der Waals surface area (Å²) in [6.45, 7) is 5.36. The lowest BCUT2D eigenvalue weighted by Gasteiger charge is -2.34. The average molecular weight is 457 g/mol. The van der Waals surface area contributed by atoms with Crippen LogP contribution >= 0.6 is 0 Å². The molecule has 176 valence electrons. The van der Waals surface area contributed by atoms with E-state index in [9.17, 15) is 22.8 Å². The van der Waals surface area contributed by atoms with Crippen molar-refractivity contribution in [3.05, 3.63) is 32.4 Å². The van der Waals surface area contributed by atoms with Crippen LogP contribution in [0, 0.1) is 0 Å². The zero-order valence-electron chi connectivity index (χ0n) is 18.0. The van der Waals surface area contributed by atoms with Crippen LogP contribution in [0.25, 0.3) is 11.1 Å². The zero-order chi connectivity index (χ0) is 23.3. The molecule has 0 radical (unpaired) electrons. The highest BCUT2D eigenvalue weighted by molar-refractivity contribution is 5.82. The van der Waals surface area contributed by atoms with Crippen molar-refractivity contribution < 1.29 is 22.4 Å². The molecule has 0 aliphatic carbocycles. The molecule has 1 aliphatic rings. The van der Waals surface area contributed by atoms with Crippen LogP contribution in [0.4, 0.5) is 13.2 Å². The van der Waals surface area contributed by atoms with Crippen molar-refractivity contribution in [3.63, 3.8) is 0 Å². The van der Waals surface area contributed by atoms with Crippen molar-refractivity contribution in [1.82, 2.24) is 19.8 Å². The Bertz CT molecular complexity index is 1070. The van der Waals surface area contributed by atoms with Gasteiger partial charge in [-0.1, -0.05) is 12.1 Å². The molecule has 1 saturated heterocycles. The smallest absolute Gasteiger partial charge is 0.389 e. The van der Waals surface area contributed by atoms with E-state index in [0.29, 0.717) is 12.3 Å². The molecule has 3 heterocycles. The molecule has 12 heteroatoms. The van der Waals surface area contributed by atoms with E-state index in [0.717, 1.165) is 38.7 Å². The number of aromatic amines is 1. The largest absolute Gasteiger partial charge is 0.403 e. The number of aromatic nitrogens is 2. The molecule has 3 rings (SSSR count). The lowest BCUT2D eigenvalue weighted by molar-refractivity contribution is -0.135. The Morgan fingerprint density at radius 2 is 2.00 bits per heavy atom. The minimum absolute atomic E-state index is 0.0732. The summed E-state index contributed by atoms with van der Waals surface area (Å²) < 4.78 is 42.3. The van der Waals surface area contributed by atoms with Gasteiger partial charge < -0.3 is 19.1 Å². The van der Waals surface area contributed by atoms with Crippen molar-refractivity contribution >= 4 is 16.9 Å². The van der Waals surface area contributed by atoms with E-state index >= 15 is 0 Å². The second kappa shape index (κ2) is 10.2. The Labute approximate surface area is 181 Å². The summed E-state index contributed by atoms with van der Waals surface area (Å²) in [5.74, 6) is 0.714. The maximum atomic E-state index is 12.6. The van der Waals surface area contributed by atoms with Gasteiger partial charge in [0.2, 0.25) is 5.71 Å². The topological polar surface area (TPSA) is 104 Å². The number of amidine groups is 1. The molecule has 32 heavy (non-hydrogen) atoms. The highest BCUT2D eigenvalue weighted by Crippen LogP contribution is 2.23. The Morgan fingerprint density at radius 1 is 1.28 bits per heavy atom. The first kappa shape index (κ1) is 23.8. The number of oxime groups is 1. The number of aryl methyl sites for hydroxylation is 1. The number of H-pyrrole nitrogens is 1. The monoisotopic (exact) mass is 457 g/mol. The molecular formula is C20H26F3N5O4. The van der Waals surface area contributed by atoms with E-state index in [-0.39, 0.29) is 35.5 Å². The van der Waals surface area contributed by atoms with Crippen LogP contribution in [-0.2, 0) is 6.42 Å². The maximum Gasteiger partial charge on any atom is 0.389 e. The van der Waals surface area contributed by atoms with Crippen LogP contribution in [0.3, 0.4) is 0 Å². The number of nitrogens with zero attached hydrogens (tertiary/aromatic N) is 4. The van der Waals surface area contributed by atoms with Crippen molar-refractivity contribution in [3.8, 4) is 6.01 Å². The van der Waals surface area contributed by atoms with Crippen LogP contribution in [0.2, 0.25) is 0 Å². The van der Waals surface area contributed by atoms with Gasteiger partial charge in [0, 0.05) is 45.1 Å². The summed E-state index contributed by atoms with van der Waals surface area (Å²) in [4.78, 5) is 40.5. The standard InChI is InChI=1S/C20H26F3N5O4/c1-3-5-14(28-10-8-27(2)9-11-28)26-32-19-24-17(30)16-13(6-4-7-20(21,22)23)12-15(29)31-18(16)25-19/h12H,3-11H2,1-2H3,(H,24,25,30)/b26-14-. The Morgan fingerprint density at radius 3 is 2.66 bits per heavy atom. The van der Waals surface area contributed by atoms with E-state index in [1.807, 2.05) is 14.0 Å². The summed E-state index contributed by atoms with van der Waals surface area (Å²) in [5.41, 5.74) is -1.64. The summed E-state index contributed by atoms with van der Waals surface area (Å²) >= 11 is 0. The van der Waals surface area contributed by atoms with Crippen molar-refractivity contribution in [2.24, 2.45) is 5.16 Å². The quantitative estimate of drug-likeness (QED) is 0.387. The van der Waals surface area contributed by atoms with Gasteiger partial charge in [-0.3, -0.25) is 9.78 Å². The van der Waals surface area contributed by atoms with Crippen LogP contribution in [0.5, 0.6) is 6.01 Å². The lowest BCUT2D eigenvalue weighted by atomic mass is 10.1.